The van der Waals surface area contributed by atoms with E-state index in [1.807, 2.05) is 0 Å². The molecule has 4 heteroatoms. The molecule has 0 aliphatic carbocycles. The Labute approximate surface area is 103 Å². The summed E-state index contributed by atoms with van der Waals surface area (Å²) in [4.78, 5) is 11.4. The molecule has 0 atom stereocenters. The largest absolute Gasteiger partial charge is 0.508 e. The summed E-state index contributed by atoms with van der Waals surface area (Å²) in [5.41, 5.74) is 1.35. The van der Waals surface area contributed by atoms with Gasteiger partial charge in [-0.2, -0.15) is 0 Å². The standard InChI is InChI=1S/C14H11FO3/c1-18-14(17)11-5-10(7-13(16)8-11)9-3-2-4-12(15)6-9/h2-8,16H,1H3. The number of benzene rings is 2. The smallest absolute Gasteiger partial charge is 0.338 e. The van der Waals surface area contributed by atoms with Crippen molar-refractivity contribution in [1.29, 1.82) is 0 Å². The second kappa shape index (κ2) is 4.87. The molecule has 0 unspecified atom stereocenters. The molecule has 0 saturated heterocycles. The summed E-state index contributed by atoms with van der Waals surface area (Å²) >= 11 is 0. The van der Waals surface area contributed by atoms with Crippen LogP contribution in [0.2, 0.25) is 0 Å². The van der Waals surface area contributed by atoms with Gasteiger partial charge in [-0.05, 0) is 41.5 Å². The van der Waals surface area contributed by atoms with Gasteiger partial charge in [0.2, 0.25) is 0 Å². The molecule has 0 radical (unpaired) electrons. The maximum atomic E-state index is 13.1. The summed E-state index contributed by atoms with van der Waals surface area (Å²) in [5.74, 6) is -1.00. The number of hydrogen-bond acceptors (Lipinski definition) is 3. The Morgan fingerprint density at radius 3 is 2.61 bits per heavy atom. The first-order chi connectivity index (χ1) is 8.60. The van der Waals surface area contributed by atoms with Gasteiger partial charge >= 0.3 is 5.97 Å². The van der Waals surface area contributed by atoms with Crippen LogP contribution in [0, 0.1) is 5.82 Å². The molecule has 0 saturated carbocycles. The van der Waals surface area contributed by atoms with Crippen LogP contribution < -0.4 is 0 Å². The Hall–Kier alpha value is -2.36. The summed E-state index contributed by atoms with van der Waals surface area (Å²) in [5, 5.41) is 9.57. The number of phenols is 1. The summed E-state index contributed by atoms with van der Waals surface area (Å²) in [7, 11) is 1.26. The molecule has 0 aliphatic rings. The highest BCUT2D eigenvalue weighted by Crippen LogP contribution is 2.26. The number of halogens is 1. The van der Waals surface area contributed by atoms with E-state index >= 15 is 0 Å². The van der Waals surface area contributed by atoms with Crippen molar-refractivity contribution in [2.75, 3.05) is 7.11 Å². The zero-order chi connectivity index (χ0) is 13.1. The van der Waals surface area contributed by atoms with Gasteiger partial charge < -0.3 is 9.84 Å². The molecule has 18 heavy (non-hydrogen) atoms. The highest BCUT2D eigenvalue weighted by Gasteiger charge is 2.10. The van der Waals surface area contributed by atoms with Gasteiger partial charge in [-0.25, -0.2) is 9.18 Å². The van der Waals surface area contributed by atoms with Crippen molar-refractivity contribution in [2.24, 2.45) is 0 Å². The van der Waals surface area contributed by atoms with E-state index < -0.39 is 5.97 Å². The molecule has 2 aromatic rings. The van der Waals surface area contributed by atoms with E-state index in [0.717, 1.165) is 0 Å². The SMILES string of the molecule is COC(=O)c1cc(O)cc(-c2cccc(F)c2)c1. The second-order valence-corrected chi connectivity index (χ2v) is 3.77. The van der Waals surface area contributed by atoms with Crippen molar-refractivity contribution >= 4 is 5.97 Å². The van der Waals surface area contributed by atoms with Crippen LogP contribution in [0.5, 0.6) is 5.75 Å². The van der Waals surface area contributed by atoms with E-state index in [2.05, 4.69) is 4.74 Å². The van der Waals surface area contributed by atoms with Gasteiger partial charge in [-0.3, -0.25) is 0 Å². The summed E-state index contributed by atoms with van der Waals surface area (Å²) in [6, 6.07) is 10.2. The van der Waals surface area contributed by atoms with Gasteiger partial charge in [0.05, 0.1) is 12.7 Å². The number of aromatic hydroxyl groups is 1. The van der Waals surface area contributed by atoms with E-state index in [1.54, 1.807) is 18.2 Å². The van der Waals surface area contributed by atoms with E-state index in [4.69, 9.17) is 0 Å². The molecule has 0 heterocycles. The highest BCUT2D eigenvalue weighted by molar-refractivity contribution is 5.91. The Bertz CT molecular complexity index is 593. The lowest BCUT2D eigenvalue weighted by molar-refractivity contribution is 0.0600. The van der Waals surface area contributed by atoms with Crippen molar-refractivity contribution < 1.29 is 19.0 Å². The number of carbonyl (C=O) groups is 1. The van der Waals surface area contributed by atoms with Gasteiger partial charge in [0, 0.05) is 0 Å². The molecular weight excluding hydrogens is 235 g/mol. The molecular formula is C14H11FO3. The second-order valence-electron chi connectivity index (χ2n) is 3.77. The third-order valence-corrected chi connectivity index (χ3v) is 2.50. The fourth-order valence-corrected chi connectivity index (χ4v) is 1.68. The minimum absolute atomic E-state index is 0.0721. The minimum atomic E-state index is -0.552. The zero-order valence-electron chi connectivity index (χ0n) is 9.68. The van der Waals surface area contributed by atoms with E-state index in [0.29, 0.717) is 11.1 Å². The van der Waals surface area contributed by atoms with Crippen LogP contribution in [0.4, 0.5) is 4.39 Å². The van der Waals surface area contributed by atoms with Crippen LogP contribution in [-0.2, 0) is 4.74 Å². The fraction of sp³-hybridized carbons (Fsp3) is 0.0714. The zero-order valence-corrected chi connectivity index (χ0v) is 9.68. The third-order valence-electron chi connectivity index (χ3n) is 2.50. The molecule has 2 aromatic carbocycles. The molecule has 92 valence electrons. The Morgan fingerprint density at radius 1 is 1.17 bits per heavy atom. The number of methoxy groups -OCH3 is 1. The average Bonchev–Trinajstić information content (AvgIpc) is 2.37. The Balaban J connectivity index is 2.51. The van der Waals surface area contributed by atoms with E-state index in [1.165, 1.54) is 31.4 Å². The number of ether oxygens (including phenoxy) is 1. The molecule has 0 bridgehead atoms. The van der Waals surface area contributed by atoms with Crippen molar-refractivity contribution in [3.8, 4) is 16.9 Å². The molecule has 0 aromatic heterocycles. The van der Waals surface area contributed by atoms with Gasteiger partial charge in [-0.15, -0.1) is 0 Å². The number of hydrogen-bond donors (Lipinski definition) is 1. The number of esters is 1. The minimum Gasteiger partial charge on any atom is -0.508 e. The normalized spacial score (nSPS) is 10.1. The van der Waals surface area contributed by atoms with E-state index in [-0.39, 0.29) is 17.1 Å². The lowest BCUT2D eigenvalue weighted by Gasteiger charge is -2.06. The maximum Gasteiger partial charge on any atom is 0.338 e. The molecule has 0 amide bonds. The van der Waals surface area contributed by atoms with Crippen LogP contribution in [-0.4, -0.2) is 18.2 Å². The van der Waals surface area contributed by atoms with Crippen LogP contribution in [0.1, 0.15) is 10.4 Å². The lowest BCUT2D eigenvalue weighted by Crippen LogP contribution is -2.01. The third kappa shape index (κ3) is 2.48. The summed E-state index contributed by atoms with van der Waals surface area (Å²) in [6.45, 7) is 0. The number of phenolic OH excluding ortho intramolecular Hbond substituents is 1. The summed E-state index contributed by atoms with van der Waals surface area (Å²) in [6.07, 6.45) is 0. The highest BCUT2D eigenvalue weighted by atomic mass is 19.1. The van der Waals surface area contributed by atoms with Crippen molar-refractivity contribution in [3.63, 3.8) is 0 Å². The lowest BCUT2D eigenvalue weighted by atomic mass is 10.0. The Morgan fingerprint density at radius 2 is 1.94 bits per heavy atom. The van der Waals surface area contributed by atoms with Gasteiger partial charge in [0.1, 0.15) is 11.6 Å². The van der Waals surface area contributed by atoms with E-state index in [9.17, 15) is 14.3 Å². The molecule has 0 fully saturated rings. The van der Waals surface area contributed by atoms with Gasteiger partial charge in [0.15, 0.2) is 0 Å². The van der Waals surface area contributed by atoms with Crippen molar-refractivity contribution in [1.82, 2.24) is 0 Å². The van der Waals surface area contributed by atoms with Crippen LogP contribution in [0.25, 0.3) is 11.1 Å². The first-order valence-electron chi connectivity index (χ1n) is 5.28. The Kier molecular flexibility index (Phi) is 3.28. The molecule has 2 rings (SSSR count). The summed E-state index contributed by atoms with van der Waals surface area (Å²) < 4.78 is 17.7. The van der Waals surface area contributed by atoms with Crippen molar-refractivity contribution in [2.45, 2.75) is 0 Å². The number of rotatable bonds is 2. The van der Waals surface area contributed by atoms with Gasteiger partial charge in [-0.1, -0.05) is 12.1 Å². The molecule has 0 aliphatic heterocycles. The predicted molar refractivity (Wildman–Crippen MR) is 64.8 cm³/mol. The first kappa shape index (κ1) is 12.1. The van der Waals surface area contributed by atoms with Gasteiger partial charge in [0.25, 0.3) is 0 Å². The monoisotopic (exact) mass is 246 g/mol. The molecule has 3 nitrogen and oxygen atoms in total. The fourth-order valence-electron chi connectivity index (χ4n) is 1.68. The van der Waals surface area contributed by atoms with Crippen LogP contribution >= 0.6 is 0 Å². The first-order valence-corrected chi connectivity index (χ1v) is 5.28. The number of carbonyl (C=O) groups excluding carboxylic acids is 1. The topological polar surface area (TPSA) is 46.5 Å². The van der Waals surface area contributed by atoms with Crippen LogP contribution in [0.3, 0.4) is 0 Å². The predicted octanol–water partition coefficient (Wildman–Crippen LogP) is 2.98. The molecule has 0 spiro atoms. The quantitative estimate of drug-likeness (QED) is 0.828. The molecule has 1 N–H and O–H groups in total. The van der Waals surface area contributed by atoms with Crippen LogP contribution in [0.15, 0.2) is 42.5 Å². The maximum absolute atomic E-state index is 13.1. The van der Waals surface area contributed by atoms with Crippen molar-refractivity contribution in [3.05, 3.63) is 53.8 Å². The average molecular weight is 246 g/mol.